The van der Waals surface area contributed by atoms with Crippen LogP contribution in [0.3, 0.4) is 0 Å². The molecule has 0 spiro atoms. The van der Waals surface area contributed by atoms with E-state index in [0.29, 0.717) is 12.3 Å². The number of ketones is 1. The van der Waals surface area contributed by atoms with Crippen molar-refractivity contribution in [1.29, 1.82) is 5.26 Å². The van der Waals surface area contributed by atoms with Crippen molar-refractivity contribution in [2.75, 3.05) is 6.61 Å². The highest BCUT2D eigenvalue weighted by atomic mass is 16.5. The number of benzene rings is 1. The summed E-state index contributed by atoms with van der Waals surface area (Å²) in [5.41, 5.74) is 2.01. The van der Waals surface area contributed by atoms with E-state index in [4.69, 9.17) is 4.74 Å². The molecule has 0 amide bonds. The van der Waals surface area contributed by atoms with Gasteiger partial charge in [0.25, 0.3) is 0 Å². The average Bonchev–Trinajstić information content (AvgIpc) is 2.93. The van der Waals surface area contributed by atoms with Gasteiger partial charge in [-0.15, -0.1) is 0 Å². The largest absolute Gasteiger partial charge is 0.378 e. The van der Waals surface area contributed by atoms with E-state index >= 15 is 0 Å². The zero-order valence-corrected chi connectivity index (χ0v) is 12.1. The molecule has 0 aliphatic carbocycles. The first-order valence-corrected chi connectivity index (χ1v) is 7.25. The summed E-state index contributed by atoms with van der Waals surface area (Å²) >= 11 is 0. The number of ether oxygens (including phenoxy) is 1. The van der Waals surface area contributed by atoms with Gasteiger partial charge in [-0.25, -0.2) is 0 Å². The maximum Gasteiger partial charge on any atom is 0.157 e. The third kappa shape index (κ3) is 3.46. The first-order chi connectivity index (χ1) is 9.61. The van der Waals surface area contributed by atoms with Gasteiger partial charge in [0.2, 0.25) is 0 Å². The van der Waals surface area contributed by atoms with Gasteiger partial charge in [-0.2, -0.15) is 5.26 Å². The monoisotopic (exact) mass is 271 g/mol. The quantitative estimate of drug-likeness (QED) is 0.822. The standard InChI is InChI=1S/C17H21NO2/c1-12(2)13-5-7-14(8-6-13)16(11-18)17(19)10-15-4-3-9-20-15/h5-8,12,15-16H,3-4,9-10H2,1-2H3. The van der Waals surface area contributed by atoms with Gasteiger partial charge in [0.05, 0.1) is 12.2 Å². The molecule has 1 heterocycles. The van der Waals surface area contributed by atoms with Crippen molar-refractivity contribution < 1.29 is 9.53 Å². The zero-order valence-electron chi connectivity index (χ0n) is 12.1. The number of rotatable bonds is 5. The van der Waals surface area contributed by atoms with E-state index in [-0.39, 0.29) is 11.9 Å². The fraction of sp³-hybridized carbons (Fsp3) is 0.529. The molecule has 0 N–H and O–H groups in total. The van der Waals surface area contributed by atoms with Gasteiger partial charge >= 0.3 is 0 Å². The summed E-state index contributed by atoms with van der Waals surface area (Å²) in [6, 6.07) is 9.94. The Morgan fingerprint density at radius 1 is 1.35 bits per heavy atom. The van der Waals surface area contributed by atoms with Crippen LogP contribution in [0.25, 0.3) is 0 Å². The minimum atomic E-state index is -0.666. The molecular formula is C17H21NO2. The highest BCUT2D eigenvalue weighted by Gasteiger charge is 2.25. The first-order valence-electron chi connectivity index (χ1n) is 7.25. The number of hydrogen-bond acceptors (Lipinski definition) is 3. The molecule has 1 saturated heterocycles. The minimum Gasteiger partial charge on any atom is -0.378 e. The average molecular weight is 271 g/mol. The molecule has 1 aliphatic rings. The van der Waals surface area contributed by atoms with Crippen LogP contribution >= 0.6 is 0 Å². The maximum atomic E-state index is 12.2. The summed E-state index contributed by atoms with van der Waals surface area (Å²) in [5, 5.41) is 9.29. The fourth-order valence-electron chi connectivity index (χ4n) is 2.55. The van der Waals surface area contributed by atoms with Crippen LogP contribution in [0.2, 0.25) is 0 Å². The summed E-state index contributed by atoms with van der Waals surface area (Å²) in [4.78, 5) is 12.2. The van der Waals surface area contributed by atoms with E-state index in [1.165, 1.54) is 5.56 Å². The van der Waals surface area contributed by atoms with Crippen LogP contribution in [0, 0.1) is 11.3 Å². The lowest BCUT2D eigenvalue weighted by Gasteiger charge is -2.13. The van der Waals surface area contributed by atoms with Crippen LogP contribution in [0.15, 0.2) is 24.3 Å². The van der Waals surface area contributed by atoms with Crippen LogP contribution in [0.1, 0.15) is 56.1 Å². The second kappa shape index (κ2) is 6.67. The molecule has 20 heavy (non-hydrogen) atoms. The number of nitriles is 1. The number of hydrogen-bond donors (Lipinski definition) is 0. The molecule has 106 valence electrons. The Kier molecular flexibility index (Phi) is 4.92. The van der Waals surface area contributed by atoms with Gasteiger partial charge in [0.15, 0.2) is 5.78 Å². The molecule has 1 fully saturated rings. The molecule has 2 unspecified atom stereocenters. The fourth-order valence-corrected chi connectivity index (χ4v) is 2.55. The molecule has 1 aliphatic heterocycles. The first kappa shape index (κ1) is 14.7. The molecule has 0 aromatic heterocycles. The summed E-state index contributed by atoms with van der Waals surface area (Å²) < 4.78 is 5.47. The SMILES string of the molecule is CC(C)c1ccc(C(C#N)C(=O)CC2CCCO2)cc1. The highest BCUT2D eigenvalue weighted by molar-refractivity contribution is 5.88. The summed E-state index contributed by atoms with van der Waals surface area (Å²) in [7, 11) is 0. The number of carbonyl (C=O) groups is 1. The van der Waals surface area contributed by atoms with Crippen LogP contribution < -0.4 is 0 Å². The summed E-state index contributed by atoms with van der Waals surface area (Å²) in [6.07, 6.45) is 2.30. The maximum absolute atomic E-state index is 12.2. The lowest BCUT2D eigenvalue weighted by atomic mass is 9.90. The summed E-state index contributed by atoms with van der Waals surface area (Å²) in [6.45, 7) is 4.98. The Balaban J connectivity index is 2.07. The normalized spacial score (nSPS) is 19.8. The molecule has 3 nitrogen and oxygen atoms in total. The molecule has 0 bridgehead atoms. The summed E-state index contributed by atoms with van der Waals surface area (Å²) in [5.74, 6) is -0.246. The second-order valence-electron chi connectivity index (χ2n) is 5.69. The molecule has 1 aromatic carbocycles. The van der Waals surface area contributed by atoms with Gasteiger partial charge in [-0.05, 0) is 29.9 Å². The highest BCUT2D eigenvalue weighted by Crippen LogP contribution is 2.24. The molecule has 1 aromatic rings. The van der Waals surface area contributed by atoms with Crippen molar-refractivity contribution in [3.05, 3.63) is 35.4 Å². The van der Waals surface area contributed by atoms with Crippen LogP contribution in [0.4, 0.5) is 0 Å². The number of nitrogens with zero attached hydrogens (tertiary/aromatic N) is 1. The lowest BCUT2D eigenvalue weighted by Crippen LogP contribution is -2.18. The third-order valence-corrected chi connectivity index (χ3v) is 3.84. The van der Waals surface area contributed by atoms with Gasteiger partial charge in [-0.1, -0.05) is 38.1 Å². The van der Waals surface area contributed by atoms with Crippen LogP contribution in [-0.2, 0) is 9.53 Å². The molecule has 2 atom stereocenters. The number of carbonyl (C=O) groups excluding carboxylic acids is 1. The van der Waals surface area contributed by atoms with Gasteiger partial charge in [0.1, 0.15) is 5.92 Å². The van der Waals surface area contributed by atoms with E-state index in [9.17, 15) is 10.1 Å². The molecule has 2 rings (SSSR count). The van der Waals surface area contributed by atoms with Crippen molar-refractivity contribution >= 4 is 5.78 Å². The van der Waals surface area contributed by atoms with E-state index in [1.54, 1.807) is 0 Å². The Morgan fingerprint density at radius 3 is 2.50 bits per heavy atom. The zero-order chi connectivity index (χ0) is 14.5. The molecule has 0 saturated carbocycles. The Morgan fingerprint density at radius 2 is 2.00 bits per heavy atom. The smallest absolute Gasteiger partial charge is 0.157 e. The Bertz CT molecular complexity index is 493. The third-order valence-electron chi connectivity index (χ3n) is 3.84. The van der Waals surface area contributed by atoms with Crippen LogP contribution in [-0.4, -0.2) is 18.5 Å². The van der Waals surface area contributed by atoms with Crippen molar-refractivity contribution in [3.63, 3.8) is 0 Å². The topological polar surface area (TPSA) is 50.1 Å². The van der Waals surface area contributed by atoms with Crippen molar-refractivity contribution in [3.8, 4) is 6.07 Å². The Hall–Kier alpha value is -1.66. The van der Waals surface area contributed by atoms with E-state index in [2.05, 4.69) is 19.9 Å². The van der Waals surface area contributed by atoms with Gasteiger partial charge < -0.3 is 4.74 Å². The number of Topliss-reactive ketones (excluding diaryl/α,β-unsaturated/α-hetero) is 1. The Labute approximate surface area is 120 Å². The van der Waals surface area contributed by atoms with Crippen molar-refractivity contribution in [2.45, 2.75) is 51.0 Å². The van der Waals surface area contributed by atoms with E-state index in [0.717, 1.165) is 25.0 Å². The minimum absolute atomic E-state index is 0.00767. The lowest BCUT2D eigenvalue weighted by molar-refractivity contribution is -0.121. The predicted molar refractivity (Wildman–Crippen MR) is 77.5 cm³/mol. The van der Waals surface area contributed by atoms with E-state index < -0.39 is 5.92 Å². The van der Waals surface area contributed by atoms with Crippen molar-refractivity contribution in [1.82, 2.24) is 0 Å². The van der Waals surface area contributed by atoms with E-state index in [1.807, 2.05) is 24.3 Å². The van der Waals surface area contributed by atoms with Gasteiger partial charge in [-0.3, -0.25) is 4.79 Å². The van der Waals surface area contributed by atoms with Crippen molar-refractivity contribution in [2.24, 2.45) is 0 Å². The molecular weight excluding hydrogens is 250 g/mol. The van der Waals surface area contributed by atoms with Crippen LogP contribution in [0.5, 0.6) is 0 Å². The van der Waals surface area contributed by atoms with Gasteiger partial charge in [0, 0.05) is 13.0 Å². The predicted octanol–water partition coefficient (Wildman–Crippen LogP) is 3.56. The molecule has 3 heteroatoms. The molecule has 0 radical (unpaired) electrons. The second-order valence-corrected chi connectivity index (χ2v) is 5.69.